The van der Waals surface area contributed by atoms with Crippen molar-refractivity contribution < 1.29 is 0 Å². The standard InChI is InChI=1S/C18H17N3OS4/c1-10(2)15-19-11(7-24-15)8-26-18-20-16-14(17(22)21(18)3)12(9-25-16)13-5-4-6-23-13/h4-7,9-10H,8H2,1-3H3. The molecule has 0 aliphatic heterocycles. The molecule has 4 aromatic rings. The van der Waals surface area contributed by atoms with Crippen LogP contribution in [-0.2, 0) is 12.8 Å². The first-order valence-electron chi connectivity index (χ1n) is 8.13. The Hall–Kier alpha value is -1.48. The lowest BCUT2D eigenvalue weighted by Gasteiger charge is -2.07. The normalized spacial score (nSPS) is 11.7. The van der Waals surface area contributed by atoms with E-state index in [2.05, 4.69) is 24.2 Å². The van der Waals surface area contributed by atoms with Crippen LogP contribution in [0.3, 0.4) is 0 Å². The van der Waals surface area contributed by atoms with Gasteiger partial charge in [0.05, 0.1) is 16.1 Å². The molecule has 0 atom stereocenters. The highest BCUT2D eigenvalue weighted by molar-refractivity contribution is 7.98. The first-order chi connectivity index (χ1) is 12.5. The maximum Gasteiger partial charge on any atom is 0.263 e. The summed E-state index contributed by atoms with van der Waals surface area (Å²) in [5.41, 5.74) is 2.05. The second-order valence-electron chi connectivity index (χ2n) is 6.19. The van der Waals surface area contributed by atoms with Crippen LogP contribution < -0.4 is 5.56 Å². The van der Waals surface area contributed by atoms with Gasteiger partial charge in [0.1, 0.15) is 4.83 Å². The molecule has 134 valence electrons. The van der Waals surface area contributed by atoms with Gasteiger partial charge in [0.25, 0.3) is 5.56 Å². The van der Waals surface area contributed by atoms with E-state index in [1.807, 2.05) is 22.9 Å². The van der Waals surface area contributed by atoms with Crippen LogP contribution in [0.15, 0.2) is 38.2 Å². The molecule has 4 rings (SSSR count). The average molecular weight is 420 g/mol. The van der Waals surface area contributed by atoms with Crippen LogP contribution in [0.5, 0.6) is 0 Å². The summed E-state index contributed by atoms with van der Waals surface area (Å²) < 4.78 is 1.66. The van der Waals surface area contributed by atoms with Crippen molar-refractivity contribution in [2.24, 2.45) is 7.05 Å². The van der Waals surface area contributed by atoms with Gasteiger partial charge in [0, 0.05) is 39.9 Å². The first kappa shape index (κ1) is 17.9. The van der Waals surface area contributed by atoms with Crippen molar-refractivity contribution in [3.8, 4) is 10.4 Å². The van der Waals surface area contributed by atoms with E-state index in [9.17, 15) is 4.79 Å². The van der Waals surface area contributed by atoms with Gasteiger partial charge in [-0.1, -0.05) is 31.7 Å². The monoisotopic (exact) mass is 419 g/mol. The van der Waals surface area contributed by atoms with Gasteiger partial charge in [-0.2, -0.15) is 0 Å². The van der Waals surface area contributed by atoms with Crippen LogP contribution in [0.25, 0.3) is 20.7 Å². The van der Waals surface area contributed by atoms with Crippen LogP contribution in [0.4, 0.5) is 0 Å². The van der Waals surface area contributed by atoms with Crippen molar-refractivity contribution in [3.05, 3.63) is 49.3 Å². The smallest absolute Gasteiger partial charge is 0.263 e. The molecular weight excluding hydrogens is 402 g/mol. The summed E-state index contributed by atoms with van der Waals surface area (Å²) in [5, 5.41) is 8.77. The first-order valence-corrected chi connectivity index (χ1v) is 11.8. The Morgan fingerprint density at radius 3 is 2.73 bits per heavy atom. The number of fused-ring (bicyclic) bond motifs is 1. The molecular formula is C18H17N3OS4. The van der Waals surface area contributed by atoms with Crippen LogP contribution >= 0.6 is 45.8 Å². The molecule has 0 N–H and O–H groups in total. The number of hydrogen-bond donors (Lipinski definition) is 0. The SMILES string of the molecule is CC(C)c1nc(CSc2nc3scc(-c4cccs4)c3c(=O)n2C)cs1. The Kier molecular flexibility index (Phi) is 5.00. The minimum atomic E-state index is 0.0169. The lowest BCUT2D eigenvalue weighted by atomic mass is 10.2. The summed E-state index contributed by atoms with van der Waals surface area (Å²) in [4.78, 5) is 24.3. The summed E-state index contributed by atoms with van der Waals surface area (Å²) in [6.45, 7) is 4.30. The number of thiazole rings is 1. The van der Waals surface area contributed by atoms with Gasteiger partial charge in [-0.3, -0.25) is 9.36 Å². The number of thioether (sulfide) groups is 1. The second-order valence-corrected chi connectivity index (χ2v) is 9.82. The van der Waals surface area contributed by atoms with Gasteiger partial charge < -0.3 is 0 Å². The van der Waals surface area contributed by atoms with Gasteiger partial charge >= 0.3 is 0 Å². The van der Waals surface area contributed by atoms with Crippen LogP contribution in [0.2, 0.25) is 0 Å². The van der Waals surface area contributed by atoms with E-state index in [0.29, 0.717) is 5.92 Å². The molecule has 0 spiro atoms. The summed E-state index contributed by atoms with van der Waals surface area (Å²) in [6, 6.07) is 4.05. The fourth-order valence-corrected chi connectivity index (χ4v) is 6.20. The zero-order valence-corrected chi connectivity index (χ0v) is 17.8. The molecule has 0 saturated heterocycles. The third-order valence-electron chi connectivity index (χ3n) is 3.97. The van der Waals surface area contributed by atoms with E-state index in [1.54, 1.807) is 46.1 Å². The quantitative estimate of drug-likeness (QED) is 0.312. The van der Waals surface area contributed by atoms with Crippen LogP contribution in [0.1, 0.15) is 30.5 Å². The third kappa shape index (κ3) is 3.26. The lowest BCUT2D eigenvalue weighted by Crippen LogP contribution is -2.19. The molecule has 0 fully saturated rings. The van der Waals surface area contributed by atoms with Gasteiger partial charge in [0.2, 0.25) is 0 Å². The fourth-order valence-electron chi connectivity index (χ4n) is 2.59. The van der Waals surface area contributed by atoms with Crippen molar-refractivity contribution in [2.45, 2.75) is 30.7 Å². The van der Waals surface area contributed by atoms with E-state index in [1.165, 1.54) is 11.3 Å². The van der Waals surface area contributed by atoms with Crippen molar-refractivity contribution in [3.63, 3.8) is 0 Å². The molecule has 0 bridgehead atoms. The highest BCUT2D eigenvalue weighted by atomic mass is 32.2. The molecule has 4 aromatic heterocycles. The predicted octanol–water partition coefficient (Wildman–Crippen LogP) is 5.60. The number of nitrogens with zero attached hydrogens (tertiary/aromatic N) is 3. The van der Waals surface area contributed by atoms with E-state index >= 15 is 0 Å². The molecule has 26 heavy (non-hydrogen) atoms. The molecule has 0 aliphatic rings. The van der Waals surface area contributed by atoms with Gasteiger partial charge in [0.15, 0.2) is 5.16 Å². The highest BCUT2D eigenvalue weighted by Crippen LogP contribution is 2.34. The number of aromatic nitrogens is 3. The van der Waals surface area contributed by atoms with E-state index in [0.717, 1.165) is 42.3 Å². The molecule has 0 radical (unpaired) electrons. The molecule has 0 unspecified atom stereocenters. The Balaban J connectivity index is 1.66. The van der Waals surface area contributed by atoms with Crippen molar-refractivity contribution in [1.29, 1.82) is 0 Å². The maximum atomic E-state index is 12.9. The van der Waals surface area contributed by atoms with Crippen molar-refractivity contribution in [1.82, 2.24) is 14.5 Å². The predicted molar refractivity (Wildman–Crippen MR) is 114 cm³/mol. The Bertz CT molecular complexity index is 1110. The molecule has 0 saturated carbocycles. The number of hydrogen-bond acceptors (Lipinski definition) is 7. The lowest BCUT2D eigenvalue weighted by molar-refractivity contribution is 0.728. The highest BCUT2D eigenvalue weighted by Gasteiger charge is 2.16. The molecule has 0 amide bonds. The summed E-state index contributed by atoms with van der Waals surface area (Å²) >= 11 is 6.44. The van der Waals surface area contributed by atoms with Crippen molar-refractivity contribution >= 4 is 56.0 Å². The van der Waals surface area contributed by atoms with E-state index in [-0.39, 0.29) is 5.56 Å². The number of rotatable bonds is 5. The van der Waals surface area contributed by atoms with Gasteiger partial charge in [-0.05, 0) is 11.4 Å². The average Bonchev–Trinajstić information content (AvgIpc) is 3.36. The Morgan fingerprint density at radius 2 is 2.04 bits per heavy atom. The van der Waals surface area contributed by atoms with Crippen LogP contribution in [0, 0.1) is 0 Å². The molecule has 4 nitrogen and oxygen atoms in total. The fraction of sp³-hybridized carbons (Fsp3) is 0.278. The van der Waals surface area contributed by atoms with Gasteiger partial charge in [-0.15, -0.1) is 34.0 Å². The van der Waals surface area contributed by atoms with E-state index in [4.69, 9.17) is 4.98 Å². The van der Waals surface area contributed by atoms with Crippen molar-refractivity contribution in [2.75, 3.05) is 0 Å². The second kappa shape index (κ2) is 7.26. The third-order valence-corrected chi connectivity index (χ3v) is 8.01. The maximum absolute atomic E-state index is 12.9. The zero-order chi connectivity index (χ0) is 18.3. The Labute approximate surface area is 167 Å². The zero-order valence-electron chi connectivity index (χ0n) is 14.6. The van der Waals surface area contributed by atoms with Crippen LogP contribution in [-0.4, -0.2) is 14.5 Å². The summed E-state index contributed by atoms with van der Waals surface area (Å²) in [5.74, 6) is 1.16. The molecule has 0 aliphatic carbocycles. The molecule has 4 heterocycles. The summed E-state index contributed by atoms with van der Waals surface area (Å²) in [7, 11) is 1.80. The largest absolute Gasteiger partial charge is 0.290 e. The van der Waals surface area contributed by atoms with Gasteiger partial charge in [-0.25, -0.2) is 9.97 Å². The minimum Gasteiger partial charge on any atom is -0.290 e. The summed E-state index contributed by atoms with van der Waals surface area (Å²) in [6.07, 6.45) is 0. The topological polar surface area (TPSA) is 47.8 Å². The molecule has 8 heteroatoms. The minimum absolute atomic E-state index is 0.0169. The van der Waals surface area contributed by atoms with E-state index < -0.39 is 0 Å². The Morgan fingerprint density at radius 1 is 1.19 bits per heavy atom. The molecule has 0 aromatic carbocycles. The number of thiophene rings is 2.